The summed E-state index contributed by atoms with van der Waals surface area (Å²) in [6, 6.07) is 12.0. The zero-order valence-electron chi connectivity index (χ0n) is 15.4. The third kappa shape index (κ3) is 5.00. The summed E-state index contributed by atoms with van der Waals surface area (Å²) in [5.41, 5.74) is 0. The molecule has 0 spiro atoms. The Bertz CT molecular complexity index is 908. The maximum absolute atomic E-state index is 12.9. The summed E-state index contributed by atoms with van der Waals surface area (Å²) in [5, 5.41) is 1.85. The molecule has 0 bridgehead atoms. The van der Waals surface area contributed by atoms with Gasteiger partial charge >= 0.3 is 0 Å². The minimum absolute atomic E-state index is 0.108. The number of benzene rings is 2. The van der Waals surface area contributed by atoms with Crippen LogP contribution in [-0.4, -0.2) is 42.8 Å². The smallest absolute Gasteiger partial charge is 0.241 e. The third-order valence-electron chi connectivity index (χ3n) is 5.12. The van der Waals surface area contributed by atoms with Crippen molar-refractivity contribution in [3.63, 3.8) is 0 Å². The number of hydrogen-bond acceptors (Lipinski definition) is 3. The molecule has 146 valence electrons. The van der Waals surface area contributed by atoms with Crippen molar-refractivity contribution in [2.24, 2.45) is 5.92 Å². The predicted molar refractivity (Wildman–Crippen MR) is 117 cm³/mol. The molecule has 1 aliphatic rings. The Morgan fingerprint density at radius 1 is 1.19 bits per heavy atom. The first kappa shape index (κ1) is 20.5. The molecular weight excluding hydrogens is 475 g/mol. The van der Waals surface area contributed by atoms with E-state index in [9.17, 15) is 13.2 Å². The minimum Gasteiger partial charge on any atom is -0.341 e. The second-order valence-corrected chi connectivity index (χ2v) is 9.96. The van der Waals surface area contributed by atoms with Gasteiger partial charge in [0, 0.05) is 17.5 Å². The number of nitrogens with zero attached hydrogens (tertiary/aromatic N) is 1. The molecule has 2 aromatic rings. The fourth-order valence-electron chi connectivity index (χ4n) is 3.38. The summed E-state index contributed by atoms with van der Waals surface area (Å²) in [5.74, 6) is 0.509. The Balaban J connectivity index is 1.80. The van der Waals surface area contributed by atoms with Crippen LogP contribution >= 0.6 is 22.6 Å². The molecule has 1 unspecified atom stereocenters. The lowest BCUT2D eigenvalue weighted by Gasteiger charge is -2.33. The highest BCUT2D eigenvalue weighted by Gasteiger charge is 2.30. The Labute approximate surface area is 174 Å². The van der Waals surface area contributed by atoms with Gasteiger partial charge in [-0.15, -0.1) is 0 Å². The van der Waals surface area contributed by atoms with E-state index < -0.39 is 16.1 Å². The van der Waals surface area contributed by atoms with Crippen molar-refractivity contribution in [3.05, 3.63) is 42.5 Å². The average molecular weight is 500 g/mol. The van der Waals surface area contributed by atoms with Crippen molar-refractivity contribution in [2.75, 3.05) is 17.5 Å². The lowest BCUT2D eigenvalue weighted by molar-refractivity contribution is -0.134. The number of carbonyl (C=O) groups excluding carboxylic acids is 1. The summed E-state index contributed by atoms with van der Waals surface area (Å²) >= 11 is 2.18. The number of piperidine rings is 1. The molecule has 1 atom stereocenters. The number of fused-ring (bicyclic) bond motifs is 1. The summed E-state index contributed by atoms with van der Waals surface area (Å²) in [6.07, 6.45) is 2.43. The van der Waals surface area contributed by atoms with Crippen molar-refractivity contribution in [2.45, 2.75) is 37.1 Å². The first-order chi connectivity index (χ1) is 12.9. The van der Waals surface area contributed by atoms with Crippen LogP contribution in [0.25, 0.3) is 10.8 Å². The molecule has 5 nitrogen and oxygen atoms in total. The zero-order valence-corrected chi connectivity index (χ0v) is 18.4. The van der Waals surface area contributed by atoms with Gasteiger partial charge < -0.3 is 4.90 Å². The normalized spacial score (nSPS) is 17.2. The molecule has 7 heteroatoms. The van der Waals surface area contributed by atoms with E-state index in [2.05, 4.69) is 34.2 Å². The van der Waals surface area contributed by atoms with Gasteiger partial charge in [-0.2, -0.15) is 4.72 Å². The fourth-order valence-corrected chi connectivity index (χ4v) is 5.26. The van der Waals surface area contributed by atoms with Gasteiger partial charge in [0.05, 0.1) is 4.90 Å². The van der Waals surface area contributed by atoms with E-state index in [1.165, 1.54) is 0 Å². The Morgan fingerprint density at radius 2 is 1.85 bits per heavy atom. The highest BCUT2D eigenvalue weighted by atomic mass is 127. The number of halogens is 1. The largest absolute Gasteiger partial charge is 0.341 e. The first-order valence-electron chi connectivity index (χ1n) is 9.26. The quantitative estimate of drug-likeness (QED) is 0.487. The van der Waals surface area contributed by atoms with E-state index >= 15 is 0 Å². The Morgan fingerprint density at radius 3 is 2.52 bits per heavy atom. The maximum atomic E-state index is 12.9. The summed E-state index contributed by atoms with van der Waals surface area (Å²) in [6.45, 7) is 3.59. The number of carbonyl (C=O) groups is 1. The maximum Gasteiger partial charge on any atom is 0.241 e. The van der Waals surface area contributed by atoms with Crippen LogP contribution < -0.4 is 4.72 Å². The minimum atomic E-state index is -3.77. The molecule has 1 heterocycles. The van der Waals surface area contributed by atoms with E-state index in [-0.39, 0.29) is 10.8 Å². The first-order valence-corrected chi connectivity index (χ1v) is 12.3. The van der Waals surface area contributed by atoms with Crippen molar-refractivity contribution >= 4 is 49.3 Å². The van der Waals surface area contributed by atoms with Gasteiger partial charge in [-0.05, 0) is 48.1 Å². The molecule has 0 saturated carbocycles. The van der Waals surface area contributed by atoms with E-state index in [0.29, 0.717) is 29.9 Å². The van der Waals surface area contributed by atoms with Crippen molar-refractivity contribution in [1.82, 2.24) is 9.62 Å². The molecule has 1 fully saturated rings. The van der Waals surface area contributed by atoms with E-state index in [4.69, 9.17) is 0 Å². The second-order valence-electron chi connectivity index (χ2n) is 7.17. The van der Waals surface area contributed by atoms with Crippen LogP contribution in [0.15, 0.2) is 47.4 Å². The van der Waals surface area contributed by atoms with Crippen LogP contribution in [-0.2, 0) is 14.8 Å². The number of hydrogen-bond donors (Lipinski definition) is 1. The van der Waals surface area contributed by atoms with Crippen molar-refractivity contribution in [3.8, 4) is 0 Å². The van der Waals surface area contributed by atoms with Crippen molar-refractivity contribution in [1.29, 1.82) is 0 Å². The molecular formula is C20H25IN2O3S. The molecule has 1 saturated heterocycles. The van der Waals surface area contributed by atoms with Crippen LogP contribution in [0.3, 0.4) is 0 Å². The van der Waals surface area contributed by atoms with E-state index in [1.807, 2.05) is 24.3 Å². The summed E-state index contributed by atoms with van der Waals surface area (Å²) in [4.78, 5) is 14.9. The summed E-state index contributed by atoms with van der Waals surface area (Å²) < 4.78 is 29.2. The van der Waals surface area contributed by atoms with Crippen LogP contribution in [0.1, 0.15) is 26.2 Å². The van der Waals surface area contributed by atoms with Gasteiger partial charge in [0.1, 0.15) is 6.04 Å². The molecule has 1 N–H and O–H groups in total. The van der Waals surface area contributed by atoms with Gasteiger partial charge in [-0.3, -0.25) is 4.79 Å². The number of rotatable bonds is 6. The number of alkyl halides is 1. The molecule has 0 aliphatic carbocycles. The van der Waals surface area contributed by atoms with Crippen LogP contribution in [0.5, 0.6) is 0 Å². The molecule has 3 rings (SSSR count). The number of sulfonamides is 1. The Kier molecular flexibility index (Phi) is 6.75. The zero-order chi connectivity index (χ0) is 19.4. The molecule has 1 aliphatic heterocycles. The fraction of sp³-hybridized carbons (Fsp3) is 0.450. The van der Waals surface area contributed by atoms with Crippen LogP contribution in [0.4, 0.5) is 0 Å². The highest BCUT2D eigenvalue weighted by molar-refractivity contribution is 14.1. The molecule has 2 aromatic carbocycles. The monoisotopic (exact) mass is 500 g/mol. The third-order valence-corrected chi connectivity index (χ3v) is 7.21. The second kappa shape index (κ2) is 8.87. The number of likely N-dealkylation sites (tertiary alicyclic amines) is 1. The average Bonchev–Trinajstić information content (AvgIpc) is 2.67. The number of nitrogens with one attached hydrogen (secondary N) is 1. The van der Waals surface area contributed by atoms with E-state index in [1.54, 1.807) is 23.1 Å². The lowest BCUT2D eigenvalue weighted by Crippen LogP contribution is -2.50. The highest BCUT2D eigenvalue weighted by Crippen LogP contribution is 2.21. The van der Waals surface area contributed by atoms with Crippen molar-refractivity contribution < 1.29 is 13.2 Å². The standard InChI is InChI=1S/C20H25IN2O3S/c1-15-9-12-23(13-10-15)20(24)19(8-11-21)22-27(25,26)18-7-6-16-4-2-3-5-17(16)14-18/h2-7,14-15,19,22H,8-13H2,1H3. The summed E-state index contributed by atoms with van der Waals surface area (Å²) in [7, 11) is -3.77. The predicted octanol–water partition coefficient (Wildman–Crippen LogP) is 3.57. The SMILES string of the molecule is CC1CCN(C(=O)C(CCI)NS(=O)(=O)c2ccc3ccccc3c2)CC1. The molecule has 0 aromatic heterocycles. The molecule has 27 heavy (non-hydrogen) atoms. The van der Waals surface area contributed by atoms with Crippen LogP contribution in [0, 0.1) is 5.92 Å². The van der Waals surface area contributed by atoms with Gasteiger partial charge in [0.2, 0.25) is 15.9 Å². The molecule has 0 radical (unpaired) electrons. The molecule has 1 amide bonds. The van der Waals surface area contributed by atoms with Crippen LogP contribution in [0.2, 0.25) is 0 Å². The van der Waals surface area contributed by atoms with Gasteiger partial charge in [0.25, 0.3) is 0 Å². The lowest BCUT2D eigenvalue weighted by atomic mass is 9.98. The Hall–Kier alpha value is -1.19. The van der Waals surface area contributed by atoms with Gasteiger partial charge in [-0.1, -0.05) is 59.8 Å². The van der Waals surface area contributed by atoms with E-state index in [0.717, 1.165) is 23.6 Å². The number of amides is 1. The van der Waals surface area contributed by atoms with Gasteiger partial charge in [-0.25, -0.2) is 8.42 Å². The topological polar surface area (TPSA) is 66.5 Å². The van der Waals surface area contributed by atoms with Gasteiger partial charge in [0.15, 0.2) is 0 Å².